The van der Waals surface area contributed by atoms with Crippen LogP contribution in [-0.2, 0) is 11.3 Å². The molecule has 3 aliphatic rings. The Hall–Kier alpha value is -2.01. The monoisotopic (exact) mass is 340 g/mol. The van der Waals surface area contributed by atoms with Gasteiger partial charge in [0.2, 0.25) is 0 Å². The van der Waals surface area contributed by atoms with Crippen molar-refractivity contribution < 1.29 is 4.74 Å². The van der Waals surface area contributed by atoms with Gasteiger partial charge < -0.3 is 20.3 Å². The second kappa shape index (κ2) is 7.48. The summed E-state index contributed by atoms with van der Waals surface area (Å²) in [6, 6.07) is 9.11. The average Bonchev–Trinajstić information content (AvgIpc) is 3.38. The lowest BCUT2D eigenvalue weighted by Gasteiger charge is -2.22. The molecule has 134 valence electrons. The normalized spacial score (nSPS) is 28.0. The molecule has 3 atom stereocenters. The maximum atomic E-state index is 5.94. The molecule has 3 heterocycles. The summed E-state index contributed by atoms with van der Waals surface area (Å²) in [7, 11) is 0. The van der Waals surface area contributed by atoms with Crippen molar-refractivity contribution in [1.29, 1.82) is 0 Å². The van der Waals surface area contributed by atoms with E-state index in [1.165, 1.54) is 24.1 Å². The summed E-state index contributed by atoms with van der Waals surface area (Å²) in [5, 5.41) is 6.95. The van der Waals surface area contributed by atoms with Crippen molar-refractivity contribution in [3.63, 3.8) is 0 Å². The van der Waals surface area contributed by atoms with E-state index in [0.717, 1.165) is 32.0 Å². The molecule has 0 aromatic heterocycles. The summed E-state index contributed by atoms with van der Waals surface area (Å²) in [5.41, 5.74) is 2.52. The summed E-state index contributed by atoms with van der Waals surface area (Å²) in [6.07, 6.45) is 8.75. The minimum Gasteiger partial charge on any atom is -0.373 e. The number of nitrogens with one attached hydrogen (secondary N) is 2. The highest BCUT2D eigenvalue weighted by Gasteiger charge is 2.41. The summed E-state index contributed by atoms with van der Waals surface area (Å²) in [4.78, 5) is 7.17. The molecule has 0 saturated carbocycles. The van der Waals surface area contributed by atoms with Crippen LogP contribution >= 0.6 is 0 Å². The molecule has 2 saturated heterocycles. The standard InChI is InChI=1S/C20H28N4O/c1-2-21-20(23-18-13-17-8-9-19(18)25-17)22-14-15-6-5-7-16(12-15)24-10-3-4-11-24/h3-7,12,17-19H,2,8-11,13-14H2,1H3,(H2,21,22,23). The first-order valence-electron chi connectivity index (χ1n) is 9.51. The number of benzene rings is 1. The third kappa shape index (κ3) is 3.82. The number of ether oxygens (including phenoxy) is 1. The van der Waals surface area contributed by atoms with Gasteiger partial charge in [-0.05, 0) is 43.9 Å². The number of fused-ring (bicyclic) bond motifs is 2. The van der Waals surface area contributed by atoms with Crippen molar-refractivity contribution in [3.05, 3.63) is 42.0 Å². The topological polar surface area (TPSA) is 48.9 Å². The van der Waals surface area contributed by atoms with Crippen LogP contribution in [0.25, 0.3) is 0 Å². The van der Waals surface area contributed by atoms with E-state index in [1.807, 2.05) is 0 Å². The number of anilines is 1. The molecule has 5 nitrogen and oxygen atoms in total. The Bertz CT molecular complexity index is 649. The quantitative estimate of drug-likeness (QED) is 0.491. The molecular weight excluding hydrogens is 312 g/mol. The minimum atomic E-state index is 0.361. The zero-order valence-electron chi connectivity index (χ0n) is 14.9. The lowest BCUT2D eigenvalue weighted by atomic mass is 9.96. The van der Waals surface area contributed by atoms with Crippen molar-refractivity contribution in [2.24, 2.45) is 4.99 Å². The van der Waals surface area contributed by atoms with E-state index in [4.69, 9.17) is 9.73 Å². The zero-order valence-corrected chi connectivity index (χ0v) is 14.9. The van der Waals surface area contributed by atoms with Crippen LogP contribution in [0.1, 0.15) is 31.7 Å². The van der Waals surface area contributed by atoms with Gasteiger partial charge in [-0.2, -0.15) is 0 Å². The number of guanidine groups is 1. The van der Waals surface area contributed by atoms with Crippen LogP contribution in [0.4, 0.5) is 5.69 Å². The highest BCUT2D eigenvalue weighted by Crippen LogP contribution is 2.34. The largest absolute Gasteiger partial charge is 0.373 e. The third-order valence-corrected chi connectivity index (χ3v) is 5.29. The second-order valence-corrected chi connectivity index (χ2v) is 7.10. The Morgan fingerprint density at radius 3 is 2.88 bits per heavy atom. The van der Waals surface area contributed by atoms with E-state index >= 15 is 0 Å². The van der Waals surface area contributed by atoms with Gasteiger partial charge in [-0.25, -0.2) is 4.99 Å². The van der Waals surface area contributed by atoms with E-state index < -0.39 is 0 Å². The molecular formula is C20H28N4O. The predicted molar refractivity (Wildman–Crippen MR) is 102 cm³/mol. The molecule has 25 heavy (non-hydrogen) atoms. The van der Waals surface area contributed by atoms with Gasteiger partial charge in [-0.1, -0.05) is 24.3 Å². The number of nitrogens with zero attached hydrogens (tertiary/aromatic N) is 2. The van der Waals surface area contributed by atoms with E-state index in [1.54, 1.807) is 0 Å². The maximum absolute atomic E-state index is 5.94. The first-order chi connectivity index (χ1) is 12.3. The van der Waals surface area contributed by atoms with Gasteiger partial charge in [0.05, 0.1) is 24.8 Å². The molecule has 1 aromatic carbocycles. The Morgan fingerprint density at radius 2 is 2.16 bits per heavy atom. The molecule has 2 fully saturated rings. The lowest BCUT2D eigenvalue weighted by Crippen LogP contribution is -2.47. The van der Waals surface area contributed by atoms with Crippen molar-refractivity contribution in [2.75, 3.05) is 24.5 Å². The van der Waals surface area contributed by atoms with E-state index in [-0.39, 0.29) is 0 Å². The van der Waals surface area contributed by atoms with Crippen LogP contribution in [0, 0.1) is 0 Å². The van der Waals surface area contributed by atoms with E-state index in [0.29, 0.717) is 24.8 Å². The van der Waals surface area contributed by atoms with E-state index in [2.05, 4.69) is 58.9 Å². The molecule has 1 aromatic rings. The van der Waals surface area contributed by atoms with Crippen molar-refractivity contribution >= 4 is 11.6 Å². The van der Waals surface area contributed by atoms with Gasteiger partial charge in [0, 0.05) is 25.3 Å². The van der Waals surface area contributed by atoms with Gasteiger partial charge >= 0.3 is 0 Å². The van der Waals surface area contributed by atoms with Crippen molar-refractivity contribution in [2.45, 2.75) is 51.0 Å². The van der Waals surface area contributed by atoms with Gasteiger partial charge in [-0.3, -0.25) is 0 Å². The third-order valence-electron chi connectivity index (χ3n) is 5.29. The second-order valence-electron chi connectivity index (χ2n) is 7.10. The average molecular weight is 340 g/mol. The lowest BCUT2D eigenvalue weighted by molar-refractivity contribution is 0.0992. The fraction of sp³-hybridized carbons (Fsp3) is 0.550. The molecule has 3 aliphatic heterocycles. The van der Waals surface area contributed by atoms with Gasteiger partial charge in [-0.15, -0.1) is 0 Å². The molecule has 0 aliphatic carbocycles. The van der Waals surface area contributed by atoms with Gasteiger partial charge in [0.1, 0.15) is 0 Å². The number of aliphatic imine (C=N–C) groups is 1. The van der Waals surface area contributed by atoms with Crippen LogP contribution in [0.5, 0.6) is 0 Å². The van der Waals surface area contributed by atoms with E-state index in [9.17, 15) is 0 Å². The molecule has 0 amide bonds. The Morgan fingerprint density at radius 1 is 1.28 bits per heavy atom. The van der Waals surface area contributed by atoms with Crippen molar-refractivity contribution in [1.82, 2.24) is 10.6 Å². The Kier molecular flexibility index (Phi) is 4.92. The molecule has 2 bridgehead atoms. The smallest absolute Gasteiger partial charge is 0.191 e. The SMILES string of the molecule is CCNC(=NCc1cccc(N2CC=CC2)c1)NC1CC2CCC1O2. The Balaban J connectivity index is 1.40. The molecule has 0 radical (unpaired) electrons. The Labute approximate surface area is 150 Å². The highest BCUT2D eigenvalue weighted by molar-refractivity contribution is 5.80. The van der Waals surface area contributed by atoms with Crippen LogP contribution in [-0.4, -0.2) is 43.8 Å². The van der Waals surface area contributed by atoms with Crippen LogP contribution in [0.3, 0.4) is 0 Å². The predicted octanol–water partition coefficient (Wildman–Crippen LogP) is 2.44. The number of hydrogen-bond acceptors (Lipinski definition) is 3. The zero-order chi connectivity index (χ0) is 17.1. The summed E-state index contributed by atoms with van der Waals surface area (Å²) >= 11 is 0. The first-order valence-corrected chi connectivity index (χ1v) is 9.51. The summed E-state index contributed by atoms with van der Waals surface area (Å²) < 4.78 is 5.94. The molecule has 0 spiro atoms. The van der Waals surface area contributed by atoms with Crippen LogP contribution < -0.4 is 15.5 Å². The first kappa shape index (κ1) is 16.5. The summed E-state index contributed by atoms with van der Waals surface area (Å²) in [5.74, 6) is 0.900. The van der Waals surface area contributed by atoms with Gasteiger partial charge in [0.25, 0.3) is 0 Å². The van der Waals surface area contributed by atoms with Gasteiger partial charge in [0.15, 0.2) is 5.96 Å². The van der Waals surface area contributed by atoms with Crippen molar-refractivity contribution in [3.8, 4) is 0 Å². The van der Waals surface area contributed by atoms with Crippen LogP contribution in [0.2, 0.25) is 0 Å². The van der Waals surface area contributed by atoms with Crippen LogP contribution in [0.15, 0.2) is 41.4 Å². The molecule has 3 unspecified atom stereocenters. The molecule has 4 rings (SSSR count). The molecule has 2 N–H and O–H groups in total. The maximum Gasteiger partial charge on any atom is 0.191 e. The molecule has 5 heteroatoms. The number of hydrogen-bond donors (Lipinski definition) is 2. The fourth-order valence-corrected chi connectivity index (χ4v) is 4.00. The minimum absolute atomic E-state index is 0.361. The fourth-order valence-electron chi connectivity index (χ4n) is 4.00. The highest BCUT2D eigenvalue weighted by atomic mass is 16.5. The number of rotatable bonds is 5. The summed E-state index contributed by atoms with van der Waals surface area (Å²) in [6.45, 7) is 5.66.